The highest BCUT2D eigenvalue weighted by molar-refractivity contribution is 5.90. The molecule has 116 valence electrons. The molecule has 1 aliphatic heterocycles. The fourth-order valence-electron chi connectivity index (χ4n) is 2.85. The molecule has 0 saturated carbocycles. The normalized spacial score (nSPS) is 18.2. The predicted molar refractivity (Wildman–Crippen MR) is 82.8 cm³/mol. The molecule has 1 aliphatic rings. The van der Waals surface area contributed by atoms with E-state index in [1.165, 1.54) is 6.07 Å². The Bertz CT molecular complexity index is 530. The fraction of sp³-hybridized carbons (Fsp3) is 0.562. The first kappa shape index (κ1) is 15.8. The number of amides is 1. The van der Waals surface area contributed by atoms with Gasteiger partial charge < -0.3 is 15.1 Å². The largest absolute Gasteiger partial charge is 0.355 e. The molecule has 4 nitrogen and oxygen atoms in total. The average Bonchev–Trinajstić information content (AvgIpc) is 2.44. The van der Waals surface area contributed by atoms with Crippen molar-refractivity contribution in [2.24, 2.45) is 0 Å². The van der Waals surface area contributed by atoms with Crippen molar-refractivity contribution in [3.8, 4) is 0 Å². The highest BCUT2D eigenvalue weighted by Gasteiger charge is 2.41. The van der Waals surface area contributed by atoms with Gasteiger partial charge in [0.05, 0.1) is 0 Å². The Morgan fingerprint density at radius 1 is 1.33 bits per heavy atom. The quantitative estimate of drug-likeness (QED) is 0.922. The van der Waals surface area contributed by atoms with Crippen molar-refractivity contribution in [1.29, 1.82) is 0 Å². The number of halogens is 1. The minimum atomic E-state index is -0.619. The van der Waals surface area contributed by atoms with Gasteiger partial charge in [0.2, 0.25) is 5.91 Å². The summed E-state index contributed by atoms with van der Waals surface area (Å²) in [5.41, 5.74) is 1.21. The maximum Gasteiger partial charge on any atom is 0.247 e. The highest BCUT2D eigenvalue weighted by atomic mass is 19.1. The van der Waals surface area contributed by atoms with Crippen LogP contribution < -0.4 is 10.2 Å². The number of benzene rings is 1. The van der Waals surface area contributed by atoms with Crippen molar-refractivity contribution in [2.45, 2.75) is 32.9 Å². The maximum atomic E-state index is 13.6. The lowest BCUT2D eigenvalue weighted by molar-refractivity contribution is -0.136. The van der Waals surface area contributed by atoms with Crippen LogP contribution >= 0.6 is 0 Å². The van der Waals surface area contributed by atoms with Crippen LogP contribution in [0.4, 0.5) is 10.1 Å². The second-order valence-corrected chi connectivity index (χ2v) is 5.99. The number of nitrogens with one attached hydrogen (secondary N) is 1. The lowest BCUT2D eigenvalue weighted by atomic mass is 9.95. The molecule has 1 fully saturated rings. The van der Waals surface area contributed by atoms with E-state index in [9.17, 15) is 9.18 Å². The molecular weight excluding hydrogens is 269 g/mol. The molecule has 0 aromatic heterocycles. The molecule has 1 amide bonds. The number of carbonyl (C=O) groups excluding carboxylic acids is 1. The van der Waals surface area contributed by atoms with Crippen LogP contribution in [0, 0.1) is 5.82 Å². The summed E-state index contributed by atoms with van der Waals surface area (Å²) in [5.74, 6) is -0.155. The van der Waals surface area contributed by atoms with Gasteiger partial charge in [-0.2, -0.15) is 0 Å². The average molecular weight is 293 g/mol. The number of piperazine rings is 1. The number of likely N-dealkylation sites (N-methyl/N-ethyl adjacent to an activating group) is 1. The third-order valence-electron chi connectivity index (χ3n) is 4.10. The molecule has 0 aliphatic carbocycles. The van der Waals surface area contributed by atoms with Crippen molar-refractivity contribution in [2.75, 3.05) is 31.6 Å². The predicted octanol–water partition coefficient (Wildman–Crippen LogP) is 1.99. The molecule has 21 heavy (non-hydrogen) atoms. The fourth-order valence-corrected chi connectivity index (χ4v) is 2.85. The molecule has 1 N–H and O–H groups in total. The van der Waals surface area contributed by atoms with Crippen LogP contribution in [0.25, 0.3) is 0 Å². The van der Waals surface area contributed by atoms with Gasteiger partial charge in [0.25, 0.3) is 0 Å². The van der Waals surface area contributed by atoms with Crippen LogP contribution in [0.5, 0.6) is 0 Å². The van der Waals surface area contributed by atoms with E-state index in [2.05, 4.69) is 10.2 Å². The summed E-state index contributed by atoms with van der Waals surface area (Å²) in [7, 11) is 1.83. The standard InChI is InChI=1S/C16H24FN3O/c1-5-18-11-12-10-13(17)6-7-14(12)20-9-8-19(4)15(21)16(20,2)3/h6-7,10,18H,5,8-9,11H2,1-4H3. The van der Waals surface area contributed by atoms with Crippen LogP contribution in [0.15, 0.2) is 18.2 Å². The molecule has 0 radical (unpaired) electrons. The van der Waals surface area contributed by atoms with E-state index in [1.807, 2.05) is 27.8 Å². The minimum Gasteiger partial charge on any atom is -0.355 e. The molecule has 2 rings (SSSR count). The molecule has 1 aromatic rings. The lowest BCUT2D eigenvalue weighted by Crippen LogP contribution is -2.62. The molecule has 0 atom stereocenters. The number of hydrogen-bond acceptors (Lipinski definition) is 3. The molecule has 1 heterocycles. The molecule has 0 unspecified atom stereocenters. The molecule has 0 bridgehead atoms. The van der Waals surface area contributed by atoms with E-state index < -0.39 is 5.54 Å². The van der Waals surface area contributed by atoms with Crippen molar-refractivity contribution in [3.63, 3.8) is 0 Å². The summed E-state index contributed by atoms with van der Waals surface area (Å²) >= 11 is 0. The van der Waals surface area contributed by atoms with Gasteiger partial charge in [0.1, 0.15) is 11.4 Å². The van der Waals surface area contributed by atoms with Crippen molar-refractivity contribution in [3.05, 3.63) is 29.6 Å². The Hall–Kier alpha value is -1.62. The number of carbonyl (C=O) groups is 1. The Labute approximate surface area is 125 Å². The van der Waals surface area contributed by atoms with Crippen LogP contribution in [0.2, 0.25) is 0 Å². The van der Waals surface area contributed by atoms with E-state index in [4.69, 9.17) is 0 Å². The summed E-state index contributed by atoms with van der Waals surface area (Å²) in [5, 5.41) is 3.23. The smallest absolute Gasteiger partial charge is 0.247 e. The number of nitrogens with zero attached hydrogens (tertiary/aromatic N) is 2. The van der Waals surface area contributed by atoms with E-state index >= 15 is 0 Å². The van der Waals surface area contributed by atoms with Gasteiger partial charge >= 0.3 is 0 Å². The van der Waals surface area contributed by atoms with Gasteiger partial charge in [-0.3, -0.25) is 4.79 Å². The first-order valence-corrected chi connectivity index (χ1v) is 7.40. The van der Waals surface area contributed by atoms with Gasteiger partial charge in [-0.1, -0.05) is 6.92 Å². The zero-order chi connectivity index (χ0) is 15.6. The van der Waals surface area contributed by atoms with E-state index in [0.717, 1.165) is 24.3 Å². The Balaban J connectivity index is 2.38. The van der Waals surface area contributed by atoms with Crippen LogP contribution in [-0.2, 0) is 11.3 Å². The Morgan fingerprint density at radius 2 is 2.05 bits per heavy atom. The van der Waals surface area contributed by atoms with Crippen molar-refractivity contribution in [1.82, 2.24) is 10.2 Å². The van der Waals surface area contributed by atoms with Crippen molar-refractivity contribution < 1.29 is 9.18 Å². The number of hydrogen-bond donors (Lipinski definition) is 1. The summed E-state index contributed by atoms with van der Waals surface area (Å²) in [6, 6.07) is 4.79. The lowest BCUT2D eigenvalue weighted by Gasteiger charge is -2.46. The Morgan fingerprint density at radius 3 is 2.71 bits per heavy atom. The SMILES string of the molecule is CCNCc1cc(F)ccc1N1CCN(C)C(=O)C1(C)C. The van der Waals surface area contributed by atoms with Gasteiger partial charge in [-0.25, -0.2) is 4.39 Å². The van der Waals surface area contributed by atoms with Gasteiger partial charge in [0.15, 0.2) is 0 Å². The molecule has 1 saturated heterocycles. The van der Waals surface area contributed by atoms with E-state index in [1.54, 1.807) is 17.0 Å². The third kappa shape index (κ3) is 3.02. The monoisotopic (exact) mass is 293 g/mol. The van der Waals surface area contributed by atoms with Gasteiger partial charge in [-0.15, -0.1) is 0 Å². The van der Waals surface area contributed by atoms with Gasteiger partial charge in [0, 0.05) is 32.4 Å². The molecule has 0 spiro atoms. The van der Waals surface area contributed by atoms with Crippen LogP contribution in [0.3, 0.4) is 0 Å². The first-order chi connectivity index (χ1) is 9.87. The van der Waals surface area contributed by atoms with E-state index in [-0.39, 0.29) is 11.7 Å². The number of anilines is 1. The van der Waals surface area contributed by atoms with Crippen LogP contribution in [0.1, 0.15) is 26.3 Å². The van der Waals surface area contributed by atoms with Crippen molar-refractivity contribution >= 4 is 11.6 Å². The zero-order valence-electron chi connectivity index (χ0n) is 13.2. The number of rotatable bonds is 4. The van der Waals surface area contributed by atoms with E-state index in [0.29, 0.717) is 13.1 Å². The highest BCUT2D eigenvalue weighted by Crippen LogP contribution is 2.31. The molecule has 1 aromatic carbocycles. The summed E-state index contributed by atoms with van der Waals surface area (Å²) in [6.45, 7) is 8.71. The summed E-state index contributed by atoms with van der Waals surface area (Å²) < 4.78 is 13.6. The molecular formula is C16H24FN3O. The molecule has 5 heteroatoms. The topological polar surface area (TPSA) is 35.6 Å². The Kier molecular flexibility index (Phi) is 4.52. The van der Waals surface area contributed by atoms with Gasteiger partial charge in [-0.05, 0) is 44.2 Å². The second-order valence-electron chi connectivity index (χ2n) is 5.99. The third-order valence-corrected chi connectivity index (χ3v) is 4.10. The van der Waals surface area contributed by atoms with Crippen LogP contribution in [-0.4, -0.2) is 43.0 Å². The first-order valence-electron chi connectivity index (χ1n) is 7.40. The second kappa shape index (κ2) is 6.02. The summed E-state index contributed by atoms with van der Waals surface area (Å²) in [4.78, 5) is 16.3. The zero-order valence-corrected chi connectivity index (χ0v) is 13.2. The maximum absolute atomic E-state index is 13.6. The minimum absolute atomic E-state index is 0.0903. The summed E-state index contributed by atoms with van der Waals surface area (Å²) in [6.07, 6.45) is 0.